The lowest BCUT2D eigenvalue weighted by Gasteiger charge is -2.25. The Morgan fingerprint density at radius 2 is 1.90 bits per heavy atom. The van der Waals surface area contributed by atoms with Crippen molar-refractivity contribution in [3.8, 4) is 17.4 Å². The molecule has 0 radical (unpaired) electrons. The molecule has 0 saturated heterocycles. The van der Waals surface area contributed by atoms with Crippen LogP contribution < -0.4 is 26.1 Å². The Morgan fingerprint density at radius 3 is 2.60 bits per heavy atom. The SMILES string of the molecule is COc1ccc(OC)c([C@H]2CC(c3c(O)n(C4CCCCC4)c(=O)[nH]c3=O)=NN2)c1. The number of nitrogens with zero attached hydrogens (tertiary/aromatic N) is 2. The van der Waals surface area contributed by atoms with Crippen LogP contribution >= 0.6 is 0 Å². The van der Waals surface area contributed by atoms with Gasteiger partial charge in [-0.15, -0.1) is 0 Å². The molecule has 0 bridgehead atoms. The van der Waals surface area contributed by atoms with Crippen LogP contribution in [0.25, 0.3) is 0 Å². The van der Waals surface area contributed by atoms with Gasteiger partial charge >= 0.3 is 5.69 Å². The third kappa shape index (κ3) is 3.55. The highest BCUT2D eigenvalue weighted by Crippen LogP contribution is 2.35. The molecule has 4 rings (SSSR count). The summed E-state index contributed by atoms with van der Waals surface area (Å²) in [5.41, 5.74) is 3.06. The molecular formula is C21H26N4O5. The van der Waals surface area contributed by atoms with Gasteiger partial charge < -0.3 is 20.0 Å². The lowest BCUT2D eigenvalue weighted by molar-refractivity contribution is 0.298. The monoisotopic (exact) mass is 414 g/mol. The summed E-state index contributed by atoms with van der Waals surface area (Å²) >= 11 is 0. The molecule has 9 nitrogen and oxygen atoms in total. The summed E-state index contributed by atoms with van der Waals surface area (Å²) in [6, 6.07) is 5.07. The van der Waals surface area contributed by atoms with Gasteiger partial charge in [-0.2, -0.15) is 5.10 Å². The van der Waals surface area contributed by atoms with Crippen LogP contribution in [0.1, 0.15) is 61.7 Å². The Morgan fingerprint density at radius 1 is 1.13 bits per heavy atom. The molecule has 3 N–H and O–H groups in total. The van der Waals surface area contributed by atoms with Crippen LogP contribution in [0.3, 0.4) is 0 Å². The summed E-state index contributed by atoms with van der Waals surface area (Å²) in [6.07, 6.45) is 5.04. The minimum absolute atomic E-state index is 0.0389. The highest BCUT2D eigenvalue weighted by atomic mass is 16.5. The largest absolute Gasteiger partial charge is 0.497 e. The average molecular weight is 414 g/mol. The number of nitrogens with one attached hydrogen (secondary N) is 2. The van der Waals surface area contributed by atoms with E-state index in [1.165, 1.54) is 4.57 Å². The van der Waals surface area contributed by atoms with Gasteiger partial charge in [-0.3, -0.25) is 14.3 Å². The third-order valence-electron chi connectivity index (χ3n) is 5.91. The number of ether oxygens (including phenoxy) is 2. The summed E-state index contributed by atoms with van der Waals surface area (Å²) in [6.45, 7) is 0. The van der Waals surface area contributed by atoms with Crippen molar-refractivity contribution >= 4 is 5.71 Å². The lowest BCUT2D eigenvalue weighted by atomic mass is 9.95. The molecule has 1 saturated carbocycles. The van der Waals surface area contributed by atoms with Gasteiger partial charge in [0.2, 0.25) is 5.88 Å². The van der Waals surface area contributed by atoms with E-state index in [0.29, 0.717) is 23.6 Å². The second-order valence-electron chi connectivity index (χ2n) is 7.67. The minimum Gasteiger partial charge on any atom is -0.497 e. The summed E-state index contributed by atoms with van der Waals surface area (Å²) in [5.74, 6) is 1.03. The molecule has 1 atom stereocenters. The summed E-state index contributed by atoms with van der Waals surface area (Å²) < 4.78 is 12.1. The number of H-pyrrole nitrogens is 1. The fourth-order valence-corrected chi connectivity index (χ4v) is 4.37. The molecule has 9 heteroatoms. The number of methoxy groups -OCH3 is 2. The Bertz CT molecular complexity index is 1080. The van der Waals surface area contributed by atoms with E-state index < -0.39 is 11.2 Å². The first-order valence-corrected chi connectivity index (χ1v) is 10.2. The van der Waals surface area contributed by atoms with Crippen molar-refractivity contribution in [3.05, 3.63) is 50.2 Å². The molecule has 160 valence electrons. The third-order valence-corrected chi connectivity index (χ3v) is 5.91. The summed E-state index contributed by atoms with van der Waals surface area (Å²) in [4.78, 5) is 27.4. The highest BCUT2D eigenvalue weighted by Gasteiger charge is 2.30. The number of aromatic hydroxyl groups is 1. The van der Waals surface area contributed by atoms with Crippen LogP contribution in [0.4, 0.5) is 0 Å². The van der Waals surface area contributed by atoms with E-state index in [1.807, 2.05) is 6.07 Å². The number of hydrogen-bond donors (Lipinski definition) is 3. The number of rotatable bonds is 5. The van der Waals surface area contributed by atoms with E-state index in [2.05, 4.69) is 15.5 Å². The van der Waals surface area contributed by atoms with E-state index in [1.54, 1.807) is 26.4 Å². The van der Waals surface area contributed by atoms with Crippen LogP contribution in [0.15, 0.2) is 32.9 Å². The maximum absolute atomic E-state index is 12.6. The van der Waals surface area contributed by atoms with Crippen LogP contribution in [-0.4, -0.2) is 34.6 Å². The van der Waals surface area contributed by atoms with Crippen LogP contribution in [0.5, 0.6) is 17.4 Å². The summed E-state index contributed by atoms with van der Waals surface area (Å²) in [5, 5.41) is 15.2. The van der Waals surface area contributed by atoms with E-state index in [-0.39, 0.29) is 23.5 Å². The number of aromatic amines is 1. The molecule has 1 aliphatic heterocycles. The van der Waals surface area contributed by atoms with Crippen molar-refractivity contribution in [2.45, 2.75) is 50.6 Å². The van der Waals surface area contributed by atoms with Crippen LogP contribution in [-0.2, 0) is 0 Å². The van der Waals surface area contributed by atoms with Gasteiger partial charge in [0.05, 0.1) is 26.0 Å². The molecule has 1 aliphatic carbocycles. The van der Waals surface area contributed by atoms with Crippen molar-refractivity contribution in [2.75, 3.05) is 14.2 Å². The molecule has 1 fully saturated rings. The fourth-order valence-electron chi connectivity index (χ4n) is 4.37. The van der Waals surface area contributed by atoms with Gasteiger partial charge in [0, 0.05) is 18.0 Å². The second kappa shape index (κ2) is 8.25. The molecule has 1 aromatic carbocycles. The number of aromatic nitrogens is 2. The van der Waals surface area contributed by atoms with E-state index in [4.69, 9.17) is 9.47 Å². The highest BCUT2D eigenvalue weighted by molar-refractivity contribution is 6.03. The molecule has 2 aromatic rings. The second-order valence-corrected chi connectivity index (χ2v) is 7.67. The molecular weight excluding hydrogens is 388 g/mol. The predicted molar refractivity (Wildman–Crippen MR) is 112 cm³/mol. The zero-order chi connectivity index (χ0) is 21.3. The predicted octanol–water partition coefficient (Wildman–Crippen LogP) is 2.20. The maximum Gasteiger partial charge on any atom is 0.331 e. The first-order valence-electron chi connectivity index (χ1n) is 10.2. The summed E-state index contributed by atoms with van der Waals surface area (Å²) in [7, 11) is 3.17. The smallest absolute Gasteiger partial charge is 0.331 e. The minimum atomic E-state index is -0.636. The number of benzene rings is 1. The molecule has 2 heterocycles. The van der Waals surface area contributed by atoms with Gasteiger partial charge in [0.1, 0.15) is 17.1 Å². The van der Waals surface area contributed by atoms with Crippen molar-refractivity contribution in [1.82, 2.24) is 15.0 Å². The fraction of sp³-hybridized carbons (Fsp3) is 0.476. The van der Waals surface area contributed by atoms with Gasteiger partial charge in [-0.05, 0) is 31.0 Å². The first-order chi connectivity index (χ1) is 14.5. The van der Waals surface area contributed by atoms with Crippen LogP contribution in [0, 0.1) is 0 Å². The first kappa shape index (κ1) is 20.1. The molecule has 0 unspecified atom stereocenters. The maximum atomic E-state index is 12.6. The molecule has 1 aromatic heterocycles. The normalized spacial score (nSPS) is 19.3. The zero-order valence-corrected chi connectivity index (χ0v) is 17.1. The van der Waals surface area contributed by atoms with Gasteiger partial charge in [-0.25, -0.2) is 4.79 Å². The number of hydrogen-bond acceptors (Lipinski definition) is 7. The van der Waals surface area contributed by atoms with Crippen molar-refractivity contribution in [1.29, 1.82) is 0 Å². The molecule has 0 spiro atoms. The van der Waals surface area contributed by atoms with Gasteiger partial charge in [0.25, 0.3) is 5.56 Å². The Hall–Kier alpha value is -3.23. The van der Waals surface area contributed by atoms with Crippen molar-refractivity contribution in [3.63, 3.8) is 0 Å². The zero-order valence-electron chi connectivity index (χ0n) is 17.1. The van der Waals surface area contributed by atoms with Crippen molar-refractivity contribution < 1.29 is 14.6 Å². The van der Waals surface area contributed by atoms with E-state index >= 15 is 0 Å². The molecule has 2 aliphatic rings. The quantitative estimate of drug-likeness (QED) is 0.690. The standard InChI is InChI=1S/C21H26N4O5/c1-29-13-8-9-17(30-2)14(10-13)15-11-16(24-23-15)18-19(26)22-21(28)25(20(18)27)12-6-4-3-5-7-12/h8-10,12,15,23,27H,3-7,11H2,1-2H3,(H,22,26,28)/t15-/m1/s1. The molecule has 0 amide bonds. The van der Waals surface area contributed by atoms with E-state index in [0.717, 1.165) is 37.7 Å². The lowest BCUT2D eigenvalue weighted by Crippen LogP contribution is -2.36. The van der Waals surface area contributed by atoms with E-state index in [9.17, 15) is 14.7 Å². The number of hydrazone groups is 1. The Kier molecular flexibility index (Phi) is 5.52. The average Bonchev–Trinajstić information content (AvgIpc) is 3.23. The van der Waals surface area contributed by atoms with Crippen molar-refractivity contribution in [2.24, 2.45) is 5.10 Å². The van der Waals surface area contributed by atoms with Gasteiger partial charge in [-0.1, -0.05) is 19.3 Å². The Labute approximate surface area is 173 Å². The van der Waals surface area contributed by atoms with Crippen LogP contribution in [0.2, 0.25) is 0 Å². The van der Waals surface area contributed by atoms with Gasteiger partial charge in [0.15, 0.2) is 0 Å². The Balaban J connectivity index is 1.68. The molecule has 30 heavy (non-hydrogen) atoms. The topological polar surface area (TPSA) is 118 Å².